The number of rotatable bonds is 2. The van der Waals surface area contributed by atoms with Gasteiger partial charge in [-0.05, 0) is 35.6 Å². The third-order valence-corrected chi connectivity index (χ3v) is 5.89. The van der Waals surface area contributed by atoms with Gasteiger partial charge in [0.05, 0.1) is 5.69 Å². The van der Waals surface area contributed by atoms with Gasteiger partial charge in [-0.2, -0.15) is 8.42 Å². The number of sulfonamides is 1. The highest BCUT2D eigenvalue weighted by molar-refractivity contribution is 7.92. The molecule has 0 saturated heterocycles. The molecule has 2 aromatic rings. The number of hydrogen-bond donors (Lipinski definition) is 0. The number of hydrogen-bond acceptors (Lipinski definition) is 3. The molecule has 1 aliphatic heterocycles. The van der Waals surface area contributed by atoms with Crippen molar-refractivity contribution in [3.05, 3.63) is 41.3 Å². The Labute approximate surface area is 129 Å². The van der Waals surface area contributed by atoms with Crippen LogP contribution in [0.2, 0.25) is 5.28 Å². The molecule has 7 heteroatoms. The van der Waals surface area contributed by atoms with Crippen molar-refractivity contribution in [1.82, 2.24) is 9.55 Å². The van der Waals surface area contributed by atoms with Crippen LogP contribution in [0.1, 0.15) is 24.8 Å². The monoisotopic (exact) mass is 325 g/mol. The summed E-state index contributed by atoms with van der Waals surface area (Å²) in [7, 11) is -2.02. The van der Waals surface area contributed by atoms with E-state index in [9.17, 15) is 8.42 Å². The average molecular weight is 326 g/mol. The van der Waals surface area contributed by atoms with Gasteiger partial charge in [-0.1, -0.05) is 25.1 Å². The number of fused-ring (bicyclic) bond motifs is 1. The lowest BCUT2D eigenvalue weighted by Crippen LogP contribution is -2.36. The molecule has 0 bridgehead atoms. The van der Waals surface area contributed by atoms with Crippen molar-refractivity contribution in [1.29, 1.82) is 0 Å². The number of anilines is 1. The molecular weight excluding hydrogens is 310 g/mol. The quantitative estimate of drug-likeness (QED) is 0.853. The van der Waals surface area contributed by atoms with E-state index in [2.05, 4.69) is 11.9 Å². The molecule has 21 heavy (non-hydrogen) atoms. The Morgan fingerprint density at radius 3 is 2.71 bits per heavy atom. The molecule has 5 nitrogen and oxygen atoms in total. The number of nitrogens with zero attached hydrogens (tertiary/aromatic N) is 3. The first kappa shape index (κ1) is 14.4. The predicted octanol–water partition coefficient (Wildman–Crippen LogP) is 2.78. The first-order chi connectivity index (χ1) is 9.91. The molecule has 0 amide bonds. The van der Waals surface area contributed by atoms with E-state index in [0.29, 0.717) is 12.5 Å². The largest absolute Gasteiger partial charge is 0.323 e. The molecule has 1 aliphatic rings. The Kier molecular flexibility index (Phi) is 3.45. The third-order valence-electron chi connectivity index (χ3n) is 3.85. The molecule has 2 heterocycles. The molecular formula is C14H16ClN3O2S. The number of benzene rings is 1. The first-order valence-corrected chi connectivity index (χ1v) is 8.53. The maximum absolute atomic E-state index is 12.8. The summed E-state index contributed by atoms with van der Waals surface area (Å²) < 4.78 is 28.6. The van der Waals surface area contributed by atoms with Gasteiger partial charge in [-0.3, -0.25) is 4.31 Å². The van der Waals surface area contributed by atoms with E-state index in [1.807, 2.05) is 24.3 Å². The molecule has 1 aromatic carbocycles. The molecule has 0 aliphatic carbocycles. The highest BCUT2D eigenvalue weighted by Crippen LogP contribution is 2.37. The zero-order chi connectivity index (χ0) is 15.2. The Morgan fingerprint density at radius 1 is 1.33 bits per heavy atom. The predicted molar refractivity (Wildman–Crippen MR) is 82.2 cm³/mol. The summed E-state index contributed by atoms with van der Waals surface area (Å²) in [5, 5.41) is 0.145. The molecule has 3 rings (SSSR count). The molecule has 0 radical (unpaired) electrons. The van der Waals surface area contributed by atoms with E-state index in [1.165, 1.54) is 15.1 Å². The summed E-state index contributed by atoms with van der Waals surface area (Å²) in [6.45, 7) is 2.56. The molecule has 0 spiro atoms. The van der Waals surface area contributed by atoms with Gasteiger partial charge in [0, 0.05) is 19.8 Å². The lowest BCUT2D eigenvalue weighted by Gasteiger charge is -2.32. The van der Waals surface area contributed by atoms with Crippen LogP contribution in [-0.4, -0.2) is 24.5 Å². The van der Waals surface area contributed by atoms with Gasteiger partial charge in [0.2, 0.25) is 5.28 Å². The Bertz CT molecular complexity index is 766. The Hall–Kier alpha value is -1.53. The Morgan fingerprint density at radius 2 is 2.05 bits per heavy atom. The summed E-state index contributed by atoms with van der Waals surface area (Å²) in [6, 6.07) is 7.61. The standard InChI is InChI=1S/C14H16ClN3O2S/c1-10-7-8-18(12-6-4-3-5-11(10)12)21(19,20)13-9-17(2)14(15)16-13/h3-6,9-10H,7-8H2,1-2H3/t10-/m0/s1. The molecule has 112 valence electrons. The van der Waals surface area contributed by atoms with Crippen molar-refractivity contribution >= 4 is 27.3 Å². The second kappa shape index (κ2) is 5.03. The van der Waals surface area contributed by atoms with Gasteiger partial charge in [0.15, 0.2) is 5.03 Å². The van der Waals surface area contributed by atoms with Crippen LogP contribution in [0.5, 0.6) is 0 Å². The van der Waals surface area contributed by atoms with Gasteiger partial charge in [0.1, 0.15) is 0 Å². The zero-order valence-corrected chi connectivity index (χ0v) is 13.4. The number of imidazole rings is 1. The van der Waals surface area contributed by atoms with Crippen LogP contribution in [-0.2, 0) is 17.1 Å². The lowest BCUT2D eigenvalue weighted by atomic mass is 9.93. The van der Waals surface area contributed by atoms with E-state index < -0.39 is 10.0 Å². The molecule has 0 saturated carbocycles. The summed E-state index contributed by atoms with van der Waals surface area (Å²) in [4.78, 5) is 3.95. The van der Waals surface area contributed by atoms with E-state index in [0.717, 1.165) is 17.7 Å². The van der Waals surface area contributed by atoms with Crippen LogP contribution >= 0.6 is 11.6 Å². The SMILES string of the molecule is C[C@H]1CCN(S(=O)(=O)c2cn(C)c(Cl)n2)c2ccccc21. The second-order valence-corrected chi connectivity index (χ2v) is 7.43. The second-order valence-electron chi connectivity index (χ2n) is 5.28. The van der Waals surface area contributed by atoms with Gasteiger partial charge in [-0.25, -0.2) is 4.98 Å². The maximum atomic E-state index is 12.8. The smallest absolute Gasteiger partial charge is 0.283 e. The minimum absolute atomic E-state index is 0.0145. The summed E-state index contributed by atoms with van der Waals surface area (Å²) >= 11 is 5.87. The number of halogens is 1. The molecule has 0 fully saturated rings. The minimum Gasteiger partial charge on any atom is -0.323 e. The fourth-order valence-electron chi connectivity index (χ4n) is 2.62. The van der Waals surface area contributed by atoms with E-state index >= 15 is 0 Å². The van der Waals surface area contributed by atoms with Gasteiger partial charge in [-0.15, -0.1) is 0 Å². The number of para-hydroxylation sites is 1. The molecule has 0 N–H and O–H groups in total. The summed E-state index contributed by atoms with van der Waals surface area (Å²) in [5.41, 5.74) is 1.78. The van der Waals surface area contributed by atoms with Crippen LogP contribution < -0.4 is 4.31 Å². The van der Waals surface area contributed by atoms with Gasteiger partial charge >= 0.3 is 0 Å². The lowest BCUT2D eigenvalue weighted by molar-refractivity contribution is 0.575. The molecule has 1 aromatic heterocycles. The van der Waals surface area contributed by atoms with Crippen molar-refractivity contribution in [2.45, 2.75) is 24.3 Å². The topological polar surface area (TPSA) is 55.2 Å². The van der Waals surface area contributed by atoms with Crippen molar-refractivity contribution in [3.63, 3.8) is 0 Å². The van der Waals surface area contributed by atoms with Crippen LogP contribution in [0.4, 0.5) is 5.69 Å². The van der Waals surface area contributed by atoms with Crippen molar-refractivity contribution in [3.8, 4) is 0 Å². The molecule has 1 atom stereocenters. The van der Waals surface area contributed by atoms with Crippen molar-refractivity contribution in [2.75, 3.05) is 10.8 Å². The maximum Gasteiger partial charge on any atom is 0.283 e. The van der Waals surface area contributed by atoms with Crippen molar-refractivity contribution in [2.24, 2.45) is 7.05 Å². The van der Waals surface area contributed by atoms with Crippen LogP contribution in [0.25, 0.3) is 0 Å². The van der Waals surface area contributed by atoms with E-state index in [1.54, 1.807) is 7.05 Å². The molecule has 0 unspecified atom stereocenters. The fourth-order valence-corrected chi connectivity index (χ4v) is 4.30. The third kappa shape index (κ3) is 2.32. The zero-order valence-electron chi connectivity index (χ0n) is 11.8. The number of aromatic nitrogens is 2. The van der Waals surface area contributed by atoms with Gasteiger partial charge < -0.3 is 4.57 Å². The van der Waals surface area contributed by atoms with Gasteiger partial charge in [0.25, 0.3) is 10.0 Å². The Balaban J connectivity index is 2.10. The van der Waals surface area contributed by atoms with Crippen molar-refractivity contribution < 1.29 is 8.42 Å². The average Bonchev–Trinajstić information content (AvgIpc) is 2.80. The fraction of sp³-hybridized carbons (Fsp3) is 0.357. The number of aryl methyl sites for hydroxylation is 1. The normalized spacial score (nSPS) is 18.6. The highest BCUT2D eigenvalue weighted by Gasteiger charge is 2.33. The van der Waals surface area contributed by atoms with Crippen LogP contribution in [0.3, 0.4) is 0 Å². The van der Waals surface area contributed by atoms with Crippen LogP contribution in [0, 0.1) is 0 Å². The first-order valence-electron chi connectivity index (χ1n) is 6.72. The summed E-state index contributed by atoms with van der Waals surface area (Å²) in [5.74, 6) is 0.347. The van der Waals surface area contributed by atoms with Crippen LogP contribution in [0.15, 0.2) is 35.5 Å². The highest BCUT2D eigenvalue weighted by atomic mass is 35.5. The summed E-state index contributed by atoms with van der Waals surface area (Å²) in [6.07, 6.45) is 2.23. The van der Waals surface area contributed by atoms with E-state index in [-0.39, 0.29) is 10.3 Å². The van der Waals surface area contributed by atoms with E-state index in [4.69, 9.17) is 11.6 Å². The minimum atomic E-state index is -3.68.